The van der Waals surface area contributed by atoms with Crippen LogP contribution in [0.25, 0.3) is 0 Å². The summed E-state index contributed by atoms with van der Waals surface area (Å²) in [7, 11) is 3.93. The molecule has 4 rings (SSSR count). The van der Waals surface area contributed by atoms with Gasteiger partial charge in [-0.2, -0.15) is 0 Å². The largest absolute Gasteiger partial charge is 0.457 e. The number of hydrogen-bond donors (Lipinski definition) is 3. The molecule has 1 aromatic heterocycles. The summed E-state index contributed by atoms with van der Waals surface area (Å²) in [6, 6.07) is 16.8. The summed E-state index contributed by atoms with van der Waals surface area (Å²) in [4.78, 5) is 25.1. The second-order valence-electron chi connectivity index (χ2n) is 9.17. The van der Waals surface area contributed by atoms with Gasteiger partial charge >= 0.3 is 0 Å². The van der Waals surface area contributed by atoms with Gasteiger partial charge < -0.3 is 25.6 Å². The molecule has 0 bridgehead atoms. The van der Waals surface area contributed by atoms with Crippen molar-refractivity contribution in [1.29, 1.82) is 5.41 Å². The van der Waals surface area contributed by atoms with Gasteiger partial charge in [0, 0.05) is 37.3 Å². The molecule has 9 nitrogen and oxygen atoms in total. The van der Waals surface area contributed by atoms with Gasteiger partial charge in [0.1, 0.15) is 29.5 Å². The number of aromatic nitrogens is 2. The molecule has 1 aliphatic heterocycles. The lowest BCUT2D eigenvalue weighted by Crippen LogP contribution is -2.39. The number of para-hydroxylation sites is 1. The van der Waals surface area contributed by atoms with Crippen molar-refractivity contribution in [3.63, 3.8) is 0 Å². The predicted octanol–water partition coefficient (Wildman–Crippen LogP) is 3.79. The number of nitrogen functional groups attached to an aromatic ring is 1. The zero-order valence-electron chi connectivity index (χ0n) is 21.2. The number of rotatable bonds is 10. The highest BCUT2D eigenvalue weighted by Gasteiger charge is 2.28. The van der Waals surface area contributed by atoms with Gasteiger partial charge in [-0.15, -0.1) is 0 Å². The fourth-order valence-corrected chi connectivity index (χ4v) is 4.25. The second kappa shape index (κ2) is 12.1. The van der Waals surface area contributed by atoms with Gasteiger partial charge in [0.2, 0.25) is 5.91 Å². The van der Waals surface area contributed by atoms with Crippen molar-refractivity contribution in [3.05, 3.63) is 84.2 Å². The minimum absolute atomic E-state index is 0.0131. The highest BCUT2D eigenvalue weighted by molar-refractivity contribution is 6.16. The van der Waals surface area contributed by atoms with Gasteiger partial charge in [-0.3, -0.25) is 10.2 Å². The maximum Gasteiger partial charge on any atom is 0.246 e. The molecule has 0 saturated carbocycles. The van der Waals surface area contributed by atoms with Crippen LogP contribution in [0.3, 0.4) is 0 Å². The number of likely N-dealkylation sites (tertiary alicyclic amines) is 1. The molecule has 2 aromatic carbocycles. The van der Waals surface area contributed by atoms with Crippen molar-refractivity contribution >= 4 is 23.3 Å². The SMILES string of the molecule is CN(C)C/C=C/C(=O)N1CCC[C@@H]1CNc1ncnc(N)c1C(=N)c1ccc(Oc2ccccc2)cc1. The van der Waals surface area contributed by atoms with Crippen molar-refractivity contribution in [3.8, 4) is 11.5 Å². The molecule has 2 heterocycles. The molecule has 1 fully saturated rings. The van der Waals surface area contributed by atoms with E-state index < -0.39 is 0 Å². The molecule has 1 saturated heterocycles. The van der Waals surface area contributed by atoms with Gasteiger partial charge in [0.25, 0.3) is 0 Å². The fourth-order valence-electron chi connectivity index (χ4n) is 4.25. The Hall–Kier alpha value is -4.24. The summed E-state index contributed by atoms with van der Waals surface area (Å²) >= 11 is 0. The van der Waals surface area contributed by atoms with Crippen molar-refractivity contribution in [2.24, 2.45) is 0 Å². The third-order valence-corrected chi connectivity index (χ3v) is 6.14. The van der Waals surface area contributed by atoms with E-state index >= 15 is 0 Å². The van der Waals surface area contributed by atoms with Crippen LogP contribution in [0.1, 0.15) is 24.0 Å². The number of anilines is 2. The highest BCUT2D eigenvalue weighted by Crippen LogP contribution is 2.26. The number of nitrogens with zero attached hydrogens (tertiary/aromatic N) is 4. The van der Waals surface area contributed by atoms with Crippen molar-refractivity contribution in [1.82, 2.24) is 19.8 Å². The van der Waals surface area contributed by atoms with Crippen molar-refractivity contribution in [2.45, 2.75) is 18.9 Å². The molecule has 0 radical (unpaired) electrons. The highest BCUT2D eigenvalue weighted by atomic mass is 16.5. The average molecular weight is 500 g/mol. The first-order valence-electron chi connectivity index (χ1n) is 12.3. The molecule has 1 aliphatic rings. The van der Waals surface area contributed by atoms with Crippen LogP contribution in [-0.4, -0.2) is 71.2 Å². The summed E-state index contributed by atoms with van der Waals surface area (Å²) in [5.41, 5.74) is 7.49. The molecule has 4 N–H and O–H groups in total. The maximum absolute atomic E-state index is 12.7. The van der Waals surface area contributed by atoms with Gasteiger partial charge in [0.15, 0.2) is 0 Å². The minimum Gasteiger partial charge on any atom is -0.457 e. The second-order valence-corrected chi connectivity index (χ2v) is 9.17. The number of benzene rings is 2. The molecule has 1 atom stereocenters. The topological polar surface area (TPSA) is 120 Å². The first kappa shape index (κ1) is 25.8. The standard InChI is InChI=1S/C28H33N7O2/c1-34(2)16-7-11-24(36)35-17-6-8-21(35)18-31-28-25(27(30)32-19-33-28)26(29)20-12-14-23(15-13-20)37-22-9-4-3-5-10-22/h3-5,7,9-15,19,21,29H,6,8,16-18H2,1-2H3,(H3,30,31,32,33)/b11-7+,29-26?/t21-/m1/s1. The molecule has 1 amide bonds. The molecule has 0 aliphatic carbocycles. The van der Waals surface area contributed by atoms with Crippen LogP contribution in [-0.2, 0) is 4.79 Å². The Morgan fingerprint density at radius 2 is 1.89 bits per heavy atom. The normalized spacial score (nSPS) is 15.3. The Balaban J connectivity index is 1.44. The monoisotopic (exact) mass is 499 g/mol. The third kappa shape index (κ3) is 6.71. The Morgan fingerprint density at radius 3 is 2.62 bits per heavy atom. The average Bonchev–Trinajstić information content (AvgIpc) is 3.37. The third-order valence-electron chi connectivity index (χ3n) is 6.14. The van der Waals surface area contributed by atoms with E-state index in [1.165, 1.54) is 6.33 Å². The van der Waals surface area contributed by atoms with E-state index in [1.807, 2.05) is 84.6 Å². The summed E-state index contributed by atoms with van der Waals surface area (Å²) in [5.74, 6) is 2.12. The summed E-state index contributed by atoms with van der Waals surface area (Å²) in [5, 5.41) is 12.2. The summed E-state index contributed by atoms with van der Waals surface area (Å²) < 4.78 is 5.86. The lowest BCUT2D eigenvalue weighted by molar-refractivity contribution is -0.126. The van der Waals surface area contributed by atoms with E-state index in [-0.39, 0.29) is 23.5 Å². The number of ether oxygens (including phenoxy) is 1. The molecule has 0 spiro atoms. The van der Waals surface area contributed by atoms with E-state index in [0.717, 1.165) is 25.1 Å². The van der Waals surface area contributed by atoms with Crippen molar-refractivity contribution in [2.75, 3.05) is 44.8 Å². The van der Waals surface area contributed by atoms with E-state index in [4.69, 9.17) is 15.9 Å². The molecule has 0 unspecified atom stereocenters. The number of carbonyl (C=O) groups is 1. The molecule has 3 aromatic rings. The number of hydrogen-bond acceptors (Lipinski definition) is 8. The number of amides is 1. The van der Waals surface area contributed by atoms with Gasteiger partial charge in [-0.25, -0.2) is 9.97 Å². The van der Waals surface area contributed by atoms with Gasteiger partial charge in [0.05, 0.1) is 11.3 Å². The van der Waals surface area contributed by atoms with Crippen LogP contribution in [0.5, 0.6) is 11.5 Å². The Kier molecular flexibility index (Phi) is 8.48. The maximum atomic E-state index is 12.7. The Morgan fingerprint density at radius 1 is 1.16 bits per heavy atom. The van der Waals surface area contributed by atoms with E-state index in [9.17, 15) is 4.79 Å². The molecule has 37 heavy (non-hydrogen) atoms. The Bertz CT molecular complexity index is 1240. The van der Waals surface area contributed by atoms with Crippen molar-refractivity contribution < 1.29 is 9.53 Å². The first-order chi connectivity index (χ1) is 17.9. The fraction of sp³-hybridized carbons (Fsp3) is 0.286. The number of likely N-dealkylation sites (N-methyl/N-ethyl adjacent to an activating group) is 1. The molecule has 192 valence electrons. The van der Waals surface area contributed by atoms with E-state index in [2.05, 4.69) is 15.3 Å². The Labute approximate surface area is 217 Å². The van der Waals surface area contributed by atoms with Gasteiger partial charge in [-0.05, 0) is 63.3 Å². The zero-order valence-corrected chi connectivity index (χ0v) is 21.2. The number of nitrogens with one attached hydrogen (secondary N) is 2. The summed E-state index contributed by atoms with van der Waals surface area (Å²) in [6.45, 7) is 1.95. The smallest absolute Gasteiger partial charge is 0.246 e. The quantitative estimate of drug-likeness (QED) is 0.287. The van der Waals surface area contributed by atoms with Crippen LogP contribution >= 0.6 is 0 Å². The summed E-state index contributed by atoms with van der Waals surface area (Å²) in [6.07, 6.45) is 6.76. The molecule has 9 heteroatoms. The van der Waals surface area contributed by atoms with Crippen LogP contribution in [0.4, 0.5) is 11.6 Å². The number of nitrogens with two attached hydrogens (primary N) is 1. The van der Waals surface area contributed by atoms with E-state index in [0.29, 0.717) is 35.8 Å². The molecular weight excluding hydrogens is 466 g/mol. The van der Waals surface area contributed by atoms with Crippen LogP contribution in [0, 0.1) is 5.41 Å². The first-order valence-corrected chi connectivity index (χ1v) is 12.3. The lowest BCUT2D eigenvalue weighted by Gasteiger charge is -2.24. The van der Waals surface area contributed by atoms with Crippen LogP contribution in [0.2, 0.25) is 0 Å². The van der Waals surface area contributed by atoms with Gasteiger partial charge in [-0.1, -0.05) is 24.3 Å². The van der Waals surface area contributed by atoms with Crippen LogP contribution in [0.15, 0.2) is 73.1 Å². The zero-order chi connectivity index (χ0) is 26.2. The molecular formula is C28H33N7O2. The lowest BCUT2D eigenvalue weighted by atomic mass is 10.0. The predicted molar refractivity (Wildman–Crippen MR) is 146 cm³/mol. The number of carbonyl (C=O) groups excluding carboxylic acids is 1. The minimum atomic E-state index is 0.0131. The van der Waals surface area contributed by atoms with E-state index in [1.54, 1.807) is 6.08 Å². The van der Waals surface area contributed by atoms with Crippen LogP contribution < -0.4 is 15.8 Å².